The highest BCUT2D eigenvalue weighted by Crippen LogP contribution is 2.20. The highest BCUT2D eigenvalue weighted by atomic mass is 35.5. The fourth-order valence-electron chi connectivity index (χ4n) is 1.49. The molecular weight excluding hydrogens is 208 g/mol. The molecule has 0 N–H and O–H groups in total. The Morgan fingerprint density at radius 3 is 2.93 bits per heavy atom. The highest BCUT2D eigenvalue weighted by molar-refractivity contribution is 6.30. The molecule has 0 aliphatic rings. The third-order valence-corrected chi connectivity index (χ3v) is 2.57. The molecule has 0 fully saturated rings. The molecule has 2 rings (SSSR count). The number of fused-ring (bicyclic) bond motifs is 1. The van der Waals surface area contributed by atoms with Crippen molar-refractivity contribution in [2.75, 3.05) is 6.54 Å². The number of pyridine rings is 1. The van der Waals surface area contributed by atoms with Gasteiger partial charge in [0.25, 0.3) is 0 Å². The second-order valence-electron chi connectivity index (χ2n) is 3.26. The first kappa shape index (κ1) is 9.95. The van der Waals surface area contributed by atoms with Gasteiger partial charge in [-0.2, -0.15) is 0 Å². The lowest BCUT2D eigenvalue weighted by atomic mass is 10.1. The van der Waals surface area contributed by atoms with Gasteiger partial charge >= 0.3 is 0 Å². The molecule has 1 heterocycles. The molecule has 0 atom stereocenters. The van der Waals surface area contributed by atoms with Crippen molar-refractivity contribution in [2.45, 2.75) is 6.42 Å². The van der Waals surface area contributed by atoms with Gasteiger partial charge in [-0.1, -0.05) is 29.8 Å². The maximum Gasteiger partial charge on any atom is 0.218 e. The number of nitrogens with zero attached hydrogens (tertiary/aromatic N) is 2. The van der Waals surface area contributed by atoms with Crippen molar-refractivity contribution in [3.63, 3.8) is 0 Å². The third kappa shape index (κ3) is 2.08. The van der Waals surface area contributed by atoms with Crippen LogP contribution in [-0.2, 0) is 6.42 Å². The van der Waals surface area contributed by atoms with Crippen molar-refractivity contribution < 1.29 is 0 Å². The summed E-state index contributed by atoms with van der Waals surface area (Å²) in [4.78, 5) is 7.61. The summed E-state index contributed by atoms with van der Waals surface area (Å²) < 4.78 is 0. The zero-order valence-corrected chi connectivity index (χ0v) is 8.83. The number of para-hydroxylation sites is 1. The van der Waals surface area contributed by atoms with Gasteiger partial charge in [0.2, 0.25) is 6.54 Å². The zero-order chi connectivity index (χ0) is 10.7. The number of halogens is 1. The molecule has 0 aliphatic carbocycles. The predicted octanol–water partition coefficient (Wildman–Crippen LogP) is 3.35. The maximum atomic E-state index is 6.75. The van der Waals surface area contributed by atoms with Crippen LogP contribution in [0.15, 0.2) is 30.3 Å². The lowest BCUT2D eigenvalue weighted by Crippen LogP contribution is -1.92. The predicted molar refractivity (Wildman–Crippen MR) is 61.9 cm³/mol. The van der Waals surface area contributed by atoms with Crippen molar-refractivity contribution in [1.82, 2.24) is 4.98 Å². The number of aromatic nitrogens is 1. The molecule has 0 bridgehead atoms. The molecule has 2 nitrogen and oxygen atoms in total. The molecule has 0 unspecified atom stereocenters. The zero-order valence-electron chi connectivity index (χ0n) is 8.07. The first-order valence-electron chi connectivity index (χ1n) is 4.68. The Kier molecular flexibility index (Phi) is 2.84. The van der Waals surface area contributed by atoms with Crippen molar-refractivity contribution in [3.8, 4) is 0 Å². The summed E-state index contributed by atoms with van der Waals surface area (Å²) in [6.07, 6.45) is 0.667. The Morgan fingerprint density at radius 2 is 2.13 bits per heavy atom. The molecule has 2 aromatic rings. The third-order valence-electron chi connectivity index (χ3n) is 2.24. The molecule has 3 heteroatoms. The van der Waals surface area contributed by atoms with E-state index in [9.17, 15) is 0 Å². The molecule has 0 spiro atoms. The summed E-state index contributed by atoms with van der Waals surface area (Å²) in [6, 6.07) is 9.84. The molecule has 0 saturated carbocycles. The van der Waals surface area contributed by atoms with Gasteiger partial charge < -0.3 is 4.85 Å². The van der Waals surface area contributed by atoms with Crippen LogP contribution in [0.1, 0.15) is 5.56 Å². The van der Waals surface area contributed by atoms with E-state index in [-0.39, 0.29) is 0 Å². The van der Waals surface area contributed by atoms with Crippen LogP contribution in [0.4, 0.5) is 0 Å². The molecule has 0 radical (unpaired) electrons. The van der Waals surface area contributed by atoms with Crippen molar-refractivity contribution in [2.24, 2.45) is 0 Å². The topological polar surface area (TPSA) is 17.2 Å². The quantitative estimate of drug-likeness (QED) is 0.556. The smallest absolute Gasteiger partial charge is 0.218 e. The average molecular weight is 217 g/mol. The lowest BCUT2D eigenvalue weighted by Gasteiger charge is -2.02. The van der Waals surface area contributed by atoms with Gasteiger partial charge in [-0.25, -0.2) is 11.6 Å². The number of rotatable bonds is 2. The molecule has 15 heavy (non-hydrogen) atoms. The fourth-order valence-corrected chi connectivity index (χ4v) is 1.73. The lowest BCUT2D eigenvalue weighted by molar-refractivity contribution is 1.07. The first-order valence-corrected chi connectivity index (χ1v) is 5.06. The van der Waals surface area contributed by atoms with Crippen molar-refractivity contribution >= 4 is 22.5 Å². The van der Waals surface area contributed by atoms with Crippen LogP contribution in [0.5, 0.6) is 0 Å². The minimum atomic E-state index is 0.458. The van der Waals surface area contributed by atoms with Gasteiger partial charge in [0.05, 0.1) is 5.52 Å². The molecule has 0 aliphatic heterocycles. The summed E-state index contributed by atoms with van der Waals surface area (Å²) >= 11 is 6.02. The molecule has 0 amide bonds. The second kappa shape index (κ2) is 4.29. The molecule has 0 saturated heterocycles. The van der Waals surface area contributed by atoms with Crippen molar-refractivity contribution in [3.05, 3.63) is 52.5 Å². The first-order chi connectivity index (χ1) is 7.31. The Hall–Kier alpha value is -1.59. The van der Waals surface area contributed by atoms with Crippen LogP contribution in [0.3, 0.4) is 0 Å². The van der Waals surface area contributed by atoms with Crippen LogP contribution in [0.2, 0.25) is 5.15 Å². The molecule has 1 aromatic carbocycles. The molecular formula is C12H9ClN2. The summed E-state index contributed by atoms with van der Waals surface area (Å²) in [5, 5.41) is 1.58. The van der Waals surface area contributed by atoms with Crippen LogP contribution >= 0.6 is 11.6 Å². The standard InChI is InChI=1S/C12H9ClN2/c1-14-7-6-10-8-9-4-2-3-5-11(9)15-12(10)13/h2-5,8H,6-7H2. The fraction of sp³-hybridized carbons (Fsp3) is 0.167. The van der Waals surface area contributed by atoms with E-state index in [1.165, 1.54) is 0 Å². The van der Waals surface area contributed by atoms with Crippen molar-refractivity contribution in [1.29, 1.82) is 0 Å². The summed E-state index contributed by atoms with van der Waals surface area (Å²) in [5.41, 5.74) is 1.85. The Balaban J connectivity index is 2.48. The van der Waals surface area contributed by atoms with Gasteiger partial charge in [0.15, 0.2) is 0 Å². The van der Waals surface area contributed by atoms with E-state index < -0.39 is 0 Å². The molecule has 1 aromatic heterocycles. The minimum Gasteiger partial charge on any atom is -0.317 e. The van der Waals surface area contributed by atoms with E-state index in [4.69, 9.17) is 18.2 Å². The molecule has 74 valence electrons. The van der Waals surface area contributed by atoms with E-state index in [1.54, 1.807) is 0 Å². The highest BCUT2D eigenvalue weighted by Gasteiger charge is 2.05. The van der Waals surface area contributed by atoms with E-state index in [2.05, 4.69) is 9.83 Å². The van der Waals surface area contributed by atoms with Crippen LogP contribution in [0, 0.1) is 6.57 Å². The number of benzene rings is 1. The van der Waals surface area contributed by atoms with E-state index >= 15 is 0 Å². The summed E-state index contributed by atoms with van der Waals surface area (Å²) in [7, 11) is 0. The Morgan fingerprint density at radius 1 is 1.33 bits per heavy atom. The SMILES string of the molecule is [C-]#[N+]CCc1cc2ccccc2nc1Cl. The second-order valence-corrected chi connectivity index (χ2v) is 3.62. The number of hydrogen-bond acceptors (Lipinski definition) is 1. The Bertz CT molecular complexity index is 529. The van der Waals surface area contributed by atoms with Crippen LogP contribution in [0.25, 0.3) is 15.7 Å². The normalized spacial score (nSPS) is 10.1. The maximum absolute atomic E-state index is 6.75. The number of hydrogen-bond donors (Lipinski definition) is 0. The largest absolute Gasteiger partial charge is 0.317 e. The van der Waals surface area contributed by atoms with E-state index in [0.717, 1.165) is 16.5 Å². The van der Waals surface area contributed by atoms with Gasteiger partial charge in [0.1, 0.15) is 5.15 Å². The minimum absolute atomic E-state index is 0.458. The van der Waals surface area contributed by atoms with E-state index in [0.29, 0.717) is 18.1 Å². The van der Waals surface area contributed by atoms with Crippen LogP contribution in [-0.4, -0.2) is 11.5 Å². The van der Waals surface area contributed by atoms with Crippen LogP contribution < -0.4 is 0 Å². The van der Waals surface area contributed by atoms with E-state index in [1.807, 2.05) is 30.3 Å². The van der Waals surface area contributed by atoms with Gasteiger partial charge in [-0.3, -0.25) is 0 Å². The average Bonchev–Trinajstić information content (AvgIpc) is 2.26. The van der Waals surface area contributed by atoms with Gasteiger partial charge in [-0.15, -0.1) is 0 Å². The van der Waals surface area contributed by atoms with Gasteiger partial charge in [-0.05, 0) is 17.7 Å². The Labute approximate surface area is 93.3 Å². The van der Waals surface area contributed by atoms with Gasteiger partial charge in [0, 0.05) is 11.8 Å². The summed E-state index contributed by atoms with van der Waals surface area (Å²) in [5.74, 6) is 0. The monoisotopic (exact) mass is 216 g/mol. The summed E-state index contributed by atoms with van der Waals surface area (Å²) in [6.45, 7) is 7.20.